The molecule has 16 heavy (non-hydrogen) atoms. The van der Waals surface area contributed by atoms with E-state index in [1.54, 1.807) is 31.3 Å². The molecule has 1 N–H and O–H groups in total. The van der Waals surface area contributed by atoms with E-state index < -0.39 is 0 Å². The van der Waals surface area contributed by atoms with Crippen LogP contribution in [0.25, 0.3) is 0 Å². The van der Waals surface area contributed by atoms with Crippen LogP contribution in [0.1, 0.15) is 16.2 Å². The molecular formula is C10H8BrN3O2. The molecule has 0 saturated carbocycles. The van der Waals surface area contributed by atoms with Crippen molar-refractivity contribution in [2.75, 3.05) is 5.32 Å². The molecule has 0 aliphatic rings. The van der Waals surface area contributed by atoms with Crippen molar-refractivity contribution in [3.8, 4) is 0 Å². The lowest BCUT2D eigenvalue weighted by atomic mass is 10.3. The maximum Gasteiger partial charge on any atom is 0.279 e. The van der Waals surface area contributed by atoms with E-state index in [0.29, 0.717) is 11.6 Å². The predicted octanol–water partition coefficient (Wildman–Crippen LogP) is 2.39. The first kappa shape index (κ1) is 10.8. The monoisotopic (exact) mass is 281 g/mol. The van der Waals surface area contributed by atoms with Crippen LogP contribution in [0.3, 0.4) is 0 Å². The first-order chi connectivity index (χ1) is 7.65. The molecule has 2 rings (SSSR count). The first-order valence-corrected chi connectivity index (χ1v) is 5.30. The highest BCUT2D eigenvalue weighted by Crippen LogP contribution is 2.13. The molecule has 0 saturated heterocycles. The molecule has 0 atom stereocenters. The molecule has 0 unspecified atom stereocenters. The molecule has 0 bridgehead atoms. The van der Waals surface area contributed by atoms with Crippen molar-refractivity contribution in [3.05, 3.63) is 40.3 Å². The number of hydrogen-bond acceptors (Lipinski definition) is 4. The molecule has 5 nitrogen and oxygen atoms in total. The third-order valence-corrected chi connectivity index (χ3v) is 2.32. The molecule has 0 fully saturated rings. The summed E-state index contributed by atoms with van der Waals surface area (Å²) in [6, 6.07) is 5.04. The average Bonchev–Trinajstić information content (AvgIpc) is 2.65. The smallest absolute Gasteiger partial charge is 0.279 e. The summed E-state index contributed by atoms with van der Waals surface area (Å²) in [5.74, 6) is 0.704. The fourth-order valence-electron chi connectivity index (χ4n) is 1.13. The molecule has 1 amide bonds. The summed E-state index contributed by atoms with van der Waals surface area (Å²) in [7, 11) is 0. The second kappa shape index (κ2) is 4.44. The van der Waals surface area contributed by atoms with Crippen molar-refractivity contribution in [1.29, 1.82) is 0 Å². The van der Waals surface area contributed by atoms with Gasteiger partial charge in [-0.05, 0) is 19.1 Å². The predicted molar refractivity (Wildman–Crippen MR) is 61.1 cm³/mol. The lowest BCUT2D eigenvalue weighted by Gasteiger charge is -2.01. The van der Waals surface area contributed by atoms with E-state index >= 15 is 0 Å². The topological polar surface area (TPSA) is 68.0 Å². The molecule has 82 valence electrons. The minimum atomic E-state index is -0.345. The van der Waals surface area contributed by atoms with Gasteiger partial charge in [-0.2, -0.15) is 0 Å². The molecule has 6 heteroatoms. The molecule has 0 aliphatic carbocycles. The highest BCUT2D eigenvalue weighted by atomic mass is 79.9. The summed E-state index contributed by atoms with van der Waals surface area (Å²) in [5.41, 5.74) is 0.235. The Balaban J connectivity index is 2.13. The Morgan fingerprint density at radius 2 is 2.31 bits per heavy atom. The lowest BCUT2D eigenvalue weighted by molar-refractivity contribution is 0.101. The largest absolute Gasteiger partial charge is 0.361 e. The summed E-state index contributed by atoms with van der Waals surface area (Å²) >= 11 is 3.29. The minimum Gasteiger partial charge on any atom is -0.361 e. The molecular weight excluding hydrogens is 274 g/mol. The molecule has 0 spiro atoms. The van der Waals surface area contributed by atoms with Crippen molar-refractivity contribution in [2.45, 2.75) is 6.92 Å². The van der Waals surface area contributed by atoms with Crippen LogP contribution in [-0.4, -0.2) is 16.0 Å². The Hall–Kier alpha value is -1.69. The summed E-state index contributed by atoms with van der Waals surface area (Å²) < 4.78 is 5.65. The van der Waals surface area contributed by atoms with Gasteiger partial charge in [-0.25, -0.2) is 4.98 Å². The number of hydrogen-bond donors (Lipinski definition) is 1. The van der Waals surface area contributed by atoms with E-state index in [1.165, 1.54) is 0 Å². The number of carbonyl (C=O) groups is 1. The molecule has 0 aromatic carbocycles. The molecule has 2 aromatic heterocycles. The van der Waals surface area contributed by atoms with Gasteiger partial charge in [-0.3, -0.25) is 4.79 Å². The molecule has 2 heterocycles. The van der Waals surface area contributed by atoms with Crippen molar-refractivity contribution in [2.24, 2.45) is 0 Å². The van der Waals surface area contributed by atoms with Crippen molar-refractivity contribution in [1.82, 2.24) is 10.1 Å². The summed E-state index contributed by atoms with van der Waals surface area (Å²) in [4.78, 5) is 15.6. The van der Waals surface area contributed by atoms with Crippen LogP contribution in [0.15, 0.2) is 33.4 Å². The van der Waals surface area contributed by atoms with E-state index in [2.05, 4.69) is 31.4 Å². The molecule has 0 radical (unpaired) electrons. The van der Waals surface area contributed by atoms with Crippen molar-refractivity contribution >= 4 is 27.7 Å². The maximum absolute atomic E-state index is 11.6. The quantitative estimate of drug-likeness (QED) is 0.918. The number of anilines is 1. The van der Waals surface area contributed by atoms with Crippen LogP contribution in [0.4, 0.5) is 5.82 Å². The number of aromatic nitrogens is 2. The van der Waals surface area contributed by atoms with Crippen LogP contribution in [-0.2, 0) is 0 Å². The Morgan fingerprint density at radius 3 is 2.94 bits per heavy atom. The van der Waals surface area contributed by atoms with Crippen LogP contribution in [0.2, 0.25) is 0 Å². The highest BCUT2D eigenvalue weighted by Gasteiger charge is 2.11. The maximum atomic E-state index is 11.6. The van der Waals surface area contributed by atoms with E-state index in [-0.39, 0.29) is 11.6 Å². The van der Waals surface area contributed by atoms with Gasteiger partial charge in [0.25, 0.3) is 5.91 Å². The van der Waals surface area contributed by atoms with Gasteiger partial charge in [0.1, 0.15) is 11.6 Å². The standard InChI is InChI=1S/C10H8BrN3O2/c1-6-4-8(14-16-6)10(15)13-9-5-7(11)2-3-12-9/h2-5H,1H3,(H,12,13,15). The number of nitrogens with one attached hydrogen (secondary N) is 1. The number of carbonyl (C=O) groups excluding carboxylic acids is 1. The summed E-state index contributed by atoms with van der Waals surface area (Å²) in [6.45, 7) is 1.72. The van der Waals surface area contributed by atoms with Crippen LogP contribution in [0, 0.1) is 6.92 Å². The zero-order chi connectivity index (χ0) is 11.5. The van der Waals surface area contributed by atoms with E-state index in [4.69, 9.17) is 4.52 Å². The summed E-state index contributed by atoms with van der Waals surface area (Å²) in [5, 5.41) is 6.22. The Kier molecular flexibility index (Phi) is 3.00. The molecule has 2 aromatic rings. The van der Waals surface area contributed by atoms with Gasteiger partial charge in [0.05, 0.1) is 0 Å². The van der Waals surface area contributed by atoms with Crippen LogP contribution >= 0.6 is 15.9 Å². The van der Waals surface area contributed by atoms with Crippen molar-refractivity contribution < 1.29 is 9.32 Å². The van der Waals surface area contributed by atoms with Gasteiger partial charge in [0.2, 0.25) is 0 Å². The average molecular weight is 282 g/mol. The van der Waals surface area contributed by atoms with Gasteiger partial charge >= 0.3 is 0 Å². The Bertz CT molecular complexity index is 524. The number of halogens is 1. The Labute approximate surface area is 100.0 Å². The molecule has 0 aliphatic heterocycles. The zero-order valence-corrected chi connectivity index (χ0v) is 9.98. The lowest BCUT2D eigenvalue weighted by Crippen LogP contribution is -2.13. The third-order valence-electron chi connectivity index (χ3n) is 1.82. The van der Waals surface area contributed by atoms with E-state index in [1.807, 2.05) is 0 Å². The van der Waals surface area contributed by atoms with Gasteiger partial charge in [-0.15, -0.1) is 0 Å². The summed E-state index contributed by atoms with van der Waals surface area (Å²) in [6.07, 6.45) is 1.59. The second-order valence-electron chi connectivity index (χ2n) is 3.14. The van der Waals surface area contributed by atoms with E-state index in [0.717, 1.165) is 4.47 Å². The Morgan fingerprint density at radius 1 is 1.50 bits per heavy atom. The van der Waals surface area contributed by atoms with Crippen LogP contribution < -0.4 is 5.32 Å². The minimum absolute atomic E-state index is 0.235. The third kappa shape index (κ3) is 2.46. The fourth-order valence-corrected chi connectivity index (χ4v) is 1.46. The van der Waals surface area contributed by atoms with Crippen molar-refractivity contribution in [3.63, 3.8) is 0 Å². The van der Waals surface area contributed by atoms with Gasteiger partial charge in [-0.1, -0.05) is 21.1 Å². The number of aryl methyl sites for hydroxylation is 1. The second-order valence-corrected chi connectivity index (χ2v) is 4.05. The SMILES string of the molecule is Cc1cc(C(=O)Nc2cc(Br)ccn2)no1. The number of amides is 1. The normalized spacial score (nSPS) is 10.1. The fraction of sp³-hybridized carbons (Fsp3) is 0.100. The zero-order valence-electron chi connectivity index (χ0n) is 8.40. The van der Waals surface area contributed by atoms with Crippen LogP contribution in [0.5, 0.6) is 0 Å². The number of rotatable bonds is 2. The van der Waals surface area contributed by atoms with Gasteiger partial charge in [0.15, 0.2) is 5.69 Å². The first-order valence-electron chi connectivity index (χ1n) is 4.51. The van der Waals surface area contributed by atoms with Gasteiger partial charge in [0, 0.05) is 16.7 Å². The van der Waals surface area contributed by atoms with Gasteiger partial charge < -0.3 is 9.84 Å². The highest BCUT2D eigenvalue weighted by molar-refractivity contribution is 9.10. The van der Waals surface area contributed by atoms with E-state index in [9.17, 15) is 4.79 Å². The number of pyridine rings is 1. The number of nitrogens with zero attached hydrogens (tertiary/aromatic N) is 2.